The van der Waals surface area contributed by atoms with Crippen LogP contribution in [0, 0.1) is 5.82 Å². The maximum Gasteiger partial charge on any atom is 0.142 e. The molecule has 0 spiro atoms. The molecule has 0 aliphatic carbocycles. The van der Waals surface area contributed by atoms with E-state index in [0.29, 0.717) is 5.56 Å². The Labute approximate surface area is 93.6 Å². The number of methoxy groups -OCH3 is 1. The largest absolute Gasteiger partial charge is 0.387 e. The first-order valence-electron chi connectivity index (χ1n) is 4.60. The normalized spacial score (nSPS) is 15.0. The van der Waals surface area contributed by atoms with Crippen molar-refractivity contribution < 1.29 is 14.2 Å². The molecule has 1 rings (SSSR count). The van der Waals surface area contributed by atoms with E-state index in [9.17, 15) is 9.50 Å². The second-order valence-corrected chi connectivity index (χ2v) is 4.20. The van der Waals surface area contributed by atoms with Crippen LogP contribution in [0.1, 0.15) is 12.5 Å². The number of halogens is 2. The van der Waals surface area contributed by atoms with Gasteiger partial charge in [0.1, 0.15) is 5.82 Å². The molecule has 1 N–H and O–H groups in total. The summed E-state index contributed by atoms with van der Waals surface area (Å²) in [6.45, 7) is 1.80. The van der Waals surface area contributed by atoms with E-state index in [2.05, 4.69) is 0 Å². The summed E-state index contributed by atoms with van der Waals surface area (Å²) in [4.78, 5) is 0. The van der Waals surface area contributed by atoms with Gasteiger partial charge in [-0.2, -0.15) is 0 Å². The Hall–Kier alpha value is -0.640. The highest BCUT2D eigenvalue weighted by molar-refractivity contribution is 6.31. The Kier molecular flexibility index (Phi) is 4.08. The van der Waals surface area contributed by atoms with Gasteiger partial charge < -0.3 is 9.84 Å². The molecular formula is C11H14ClFO2. The van der Waals surface area contributed by atoms with Gasteiger partial charge in [-0.3, -0.25) is 0 Å². The second kappa shape index (κ2) is 4.92. The van der Waals surface area contributed by atoms with Gasteiger partial charge in [0.05, 0.1) is 17.2 Å². The maximum atomic E-state index is 13.1. The predicted octanol–water partition coefficient (Wildman–Crippen LogP) is 2.42. The van der Waals surface area contributed by atoms with Gasteiger partial charge >= 0.3 is 0 Å². The molecule has 0 amide bonds. The SMILES string of the molecule is COCC(C)(O)Cc1cccc(F)c1Cl. The third kappa shape index (κ3) is 3.45. The molecule has 84 valence electrons. The number of aliphatic hydroxyl groups is 1. The number of hydrogen-bond donors (Lipinski definition) is 1. The molecule has 2 nitrogen and oxygen atoms in total. The van der Waals surface area contributed by atoms with Crippen LogP contribution in [0.3, 0.4) is 0 Å². The Morgan fingerprint density at radius 1 is 1.53 bits per heavy atom. The molecule has 0 saturated heterocycles. The summed E-state index contributed by atoms with van der Waals surface area (Å²) < 4.78 is 18.0. The van der Waals surface area contributed by atoms with Crippen LogP contribution in [-0.2, 0) is 11.2 Å². The van der Waals surface area contributed by atoms with Gasteiger partial charge in [-0.05, 0) is 18.6 Å². The topological polar surface area (TPSA) is 29.5 Å². The highest BCUT2D eigenvalue weighted by atomic mass is 35.5. The lowest BCUT2D eigenvalue weighted by molar-refractivity contribution is -0.0161. The molecule has 0 aliphatic rings. The molecule has 15 heavy (non-hydrogen) atoms. The summed E-state index contributed by atoms with van der Waals surface area (Å²) in [5, 5.41) is 9.94. The van der Waals surface area contributed by atoms with E-state index in [1.807, 2.05) is 0 Å². The molecule has 0 aliphatic heterocycles. The summed E-state index contributed by atoms with van der Waals surface area (Å²) in [6, 6.07) is 4.55. The number of hydrogen-bond acceptors (Lipinski definition) is 2. The number of benzene rings is 1. The van der Waals surface area contributed by atoms with Crippen LogP contribution in [0.5, 0.6) is 0 Å². The maximum absolute atomic E-state index is 13.1. The summed E-state index contributed by atoms with van der Waals surface area (Å²) >= 11 is 5.77. The van der Waals surface area contributed by atoms with Crippen molar-refractivity contribution in [2.45, 2.75) is 18.9 Å². The molecule has 1 atom stereocenters. The Morgan fingerprint density at radius 3 is 2.80 bits per heavy atom. The molecule has 0 aromatic heterocycles. The summed E-state index contributed by atoms with van der Waals surface area (Å²) in [5.74, 6) is -0.470. The highest BCUT2D eigenvalue weighted by Gasteiger charge is 2.22. The van der Waals surface area contributed by atoms with E-state index in [4.69, 9.17) is 16.3 Å². The zero-order valence-electron chi connectivity index (χ0n) is 8.76. The van der Waals surface area contributed by atoms with E-state index in [1.54, 1.807) is 19.1 Å². The minimum absolute atomic E-state index is 0.0638. The van der Waals surface area contributed by atoms with Crippen molar-refractivity contribution in [1.29, 1.82) is 0 Å². The van der Waals surface area contributed by atoms with Crippen molar-refractivity contribution in [2.24, 2.45) is 0 Å². The van der Waals surface area contributed by atoms with Crippen LogP contribution in [0.25, 0.3) is 0 Å². The lowest BCUT2D eigenvalue weighted by Gasteiger charge is -2.22. The standard InChI is InChI=1S/C11H14ClFO2/c1-11(14,7-15-2)6-8-4-3-5-9(13)10(8)12/h3-5,14H,6-7H2,1-2H3. The Morgan fingerprint density at radius 2 is 2.20 bits per heavy atom. The first-order valence-corrected chi connectivity index (χ1v) is 4.98. The fourth-order valence-corrected chi connectivity index (χ4v) is 1.65. The molecule has 0 heterocycles. The molecule has 1 unspecified atom stereocenters. The van der Waals surface area contributed by atoms with Crippen molar-refractivity contribution in [2.75, 3.05) is 13.7 Å². The molecule has 0 bridgehead atoms. The third-order valence-electron chi connectivity index (χ3n) is 2.06. The second-order valence-electron chi connectivity index (χ2n) is 3.82. The lowest BCUT2D eigenvalue weighted by Crippen LogP contribution is -2.32. The Bertz CT molecular complexity index is 339. The average molecular weight is 233 g/mol. The Balaban J connectivity index is 2.85. The van der Waals surface area contributed by atoms with Crippen molar-refractivity contribution in [3.05, 3.63) is 34.6 Å². The van der Waals surface area contributed by atoms with Gasteiger partial charge in [0.15, 0.2) is 0 Å². The zero-order valence-corrected chi connectivity index (χ0v) is 9.51. The lowest BCUT2D eigenvalue weighted by atomic mass is 9.97. The van der Waals surface area contributed by atoms with Gasteiger partial charge in [-0.1, -0.05) is 23.7 Å². The summed E-state index contributed by atoms with van der Waals surface area (Å²) in [7, 11) is 1.50. The molecule has 0 radical (unpaired) electrons. The summed E-state index contributed by atoms with van der Waals surface area (Å²) in [6.07, 6.45) is 0.261. The molecule has 0 saturated carbocycles. The van der Waals surface area contributed by atoms with E-state index in [1.165, 1.54) is 13.2 Å². The van der Waals surface area contributed by atoms with Gasteiger partial charge in [-0.15, -0.1) is 0 Å². The van der Waals surface area contributed by atoms with E-state index < -0.39 is 11.4 Å². The monoisotopic (exact) mass is 232 g/mol. The van der Waals surface area contributed by atoms with E-state index in [-0.39, 0.29) is 18.1 Å². The van der Waals surface area contributed by atoms with E-state index >= 15 is 0 Å². The average Bonchev–Trinajstić information content (AvgIpc) is 2.12. The third-order valence-corrected chi connectivity index (χ3v) is 2.48. The quantitative estimate of drug-likeness (QED) is 0.864. The minimum Gasteiger partial charge on any atom is -0.387 e. The van der Waals surface area contributed by atoms with Crippen molar-refractivity contribution in [3.8, 4) is 0 Å². The van der Waals surface area contributed by atoms with Crippen LogP contribution >= 0.6 is 11.6 Å². The zero-order chi connectivity index (χ0) is 11.5. The minimum atomic E-state index is -1.04. The van der Waals surface area contributed by atoms with E-state index in [0.717, 1.165) is 0 Å². The smallest absolute Gasteiger partial charge is 0.142 e. The van der Waals surface area contributed by atoms with Gasteiger partial charge in [0, 0.05) is 13.5 Å². The molecule has 1 aromatic rings. The number of ether oxygens (including phenoxy) is 1. The molecular weight excluding hydrogens is 219 g/mol. The predicted molar refractivity (Wildman–Crippen MR) is 57.6 cm³/mol. The molecule has 0 fully saturated rings. The van der Waals surface area contributed by atoms with Gasteiger partial charge in [-0.25, -0.2) is 4.39 Å². The summed E-state index contributed by atoms with van der Waals surface area (Å²) in [5.41, 5.74) is -0.453. The van der Waals surface area contributed by atoms with Gasteiger partial charge in [0.2, 0.25) is 0 Å². The molecule has 4 heteroatoms. The van der Waals surface area contributed by atoms with Crippen LogP contribution in [-0.4, -0.2) is 24.4 Å². The number of rotatable bonds is 4. The van der Waals surface area contributed by atoms with Crippen molar-refractivity contribution in [3.63, 3.8) is 0 Å². The fraction of sp³-hybridized carbons (Fsp3) is 0.455. The van der Waals surface area contributed by atoms with Crippen LogP contribution in [0.4, 0.5) is 4.39 Å². The van der Waals surface area contributed by atoms with Gasteiger partial charge in [0.25, 0.3) is 0 Å². The fourth-order valence-electron chi connectivity index (χ4n) is 1.46. The van der Waals surface area contributed by atoms with Crippen molar-refractivity contribution in [1.82, 2.24) is 0 Å². The molecule has 1 aromatic carbocycles. The van der Waals surface area contributed by atoms with Crippen LogP contribution in [0.2, 0.25) is 5.02 Å². The van der Waals surface area contributed by atoms with Crippen LogP contribution < -0.4 is 0 Å². The van der Waals surface area contributed by atoms with Crippen molar-refractivity contribution >= 4 is 11.6 Å². The first kappa shape index (κ1) is 12.4. The first-order chi connectivity index (χ1) is 6.96. The highest BCUT2D eigenvalue weighted by Crippen LogP contribution is 2.23. The van der Waals surface area contributed by atoms with Crippen LogP contribution in [0.15, 0.2) is 18.2 Å².